The minimum atomic E-state index is -1.22. The second kappa shape index (κ2) is 9.00. The summed E-state index contributed by atoms with van der Waals surface area (Å²) in [4.78, 5) is 45.5. The first kappa shape index (κ1) is 20.4. The summed E-state index contributed by atoms with van der Waals surface area (Å²) in [6.45, 7) is 4.13. The van der Waals surface area contributed by atoms with Crippen molar-refractivity contribution in [3.63, 3.8) is 0 Å². The molecule has 0 saturated carbocycles. The number of carbonyl (C=O) groups excluding carboxylic acids is 4. The third-order valence-electron chi connectivity index (χ3n) is 2.96. The highest BCUT2D eigenvalue weighted by Crippen LogP contribution is 2.34. The van der Waals surface area contributed by atoms with Crippen LogP contribution in [0.15, 0.2) is 0 Å². The summed E-state index contributed by atoms with van der Waals surface area (Å²) >= 11 is 0.715. The van der Waals surface area contributed by atoms with Gasteiger partial charge >= 0.3 is 17.9 Å². The zero-order valence-corrected chi connectivity index (χ0v) is 14.5. The Morgan fingerprint density at radius 2 is 1.33 bits per heavy atom. The fraction of sp³-hybridized carbons (Fsp3) is 0.714. The number of carbonyl (C=O) groups is 4. The lowest BCUT2D eigenvalue weighted by Crippen LogP contribution is -2.61. The third kappa shape index (κ3) is 5.77. The molecule has 1 heterocycles. The van der Waals surface area contributed by atoms with Gasteiger partial charge in [-0.25, -0.2) is 0 Å². The van der Waals surface area contributed by atoms with Gasteiger partial charge in [0, 0.05) is 27.7 Å². The van der Waals surface area contributed by atoms with Gasteiger partial charge in [0.1, 0.15) is 6.10 Å². The Hall–Kier alpha value is -1.65. The highest BCUT2D eigenvalue weighted by Gasteiger charge is 2.52. The van der Waals surface area contributed by atoms with E-state index >= 15 is 0 Å². The van der Waals surface area contributed by atoms with Crippen molar-refractivity contribution >= 4 is 34.8 Å². The first-order chi connectivity index (χ1) is 11.1. The molecule has 1 N–H and O–H groups in total. The maximum atomic E-state index is 11.4. The van der Waals surface area contributed by atoms with Crippen molar-refractivity contribution in [1.29, 1.82) is 0 Å². The molecule has 0 unspecified atom stereocenters. The van der Waals surface area contributed by atoms with Gasteiger partial charge in [0.2, 0.25) is 0 Å². The molecule has 0 amide bonds. The Morgan fingerprint density at radius 3 is 1.75 bits per heavy atom. The zero-order valence-electron chi connectivity index (χ0n) is 13.7. The molecule has 0 aromatic carbocycles. The molecular weight excluding hydrogens is 344 g/mol. The van der Waals surface area contributed by atoms with Crippen molar-refractivity contribution in [1.82, 2.24) is 0 Å². The van der Waals surface area contributed by atoms with Gasteiger partial charge in [-0.05, 0) is 0 Å². The monoisotopic (exact) mass is 364 g/mol. The number of aliphatic hydroxyl groups is 1. The van der Waals surface area contributed by atoms with Crippen LogP contribution in [0.5, 0.6) is 0 Å². The summed E-state index contributed by atoms with van der Waals surface area (Å²) in [5.41, 5.74) is -1.03. The molecule has 1 rings (SSSR count). The van der Waals surface area contributed by atoms with Crippen molar-refractivity contribution in [2.75, 3.05) is 6.61 Å². The summed E-state index contributed by atoms with van der Waals surface area (Å²) in [7, 11) is 0. The summed E-state index contributed by atoms with van der Waals surface area (Å²) in [5, 5.41) is 9.16. The largest absolute Gasteiger partial charge is 0.456 e. The first-order valence-corrected chi connectivity index (χ1v) is 7.98. The number of esters is 3. The predicted molar refractivity (Wildman–Crippen MR) is 80.7 cm³/mol. The van der Waals surface area contributed by atoms with Gasteiger partial charge < -0.3 is 24.1 Å². The van der Waals surface area contributed by atoms with E-state index in [1.165, 1.54) is 6.92 Å². The molecule has 0 aromatic heterocycles. The van der Waals surface area contributed by atoms with Gasteiger partial charge in [-0.3, -0.25) is 19.2 Å². The van der Waals surface area contributed by atoms with Crippen LogP contribution in [0.3, 0.4) is 0 Å². The Balaban J connectivity index is 3.23. The second-order valence-corrected chi connectivity index (χ2v) is 6.33. The molecule has 0 aliphatic carbocycles. The summed E-state index contributed by atoms with van der Waals surface area (Å²) in [6.07, 6.45) is -4.66. The standard InChI is InChI=1S/C14H20O9S/c1-6(16)20-11-10(5-15)23-14(24-9(4)19)13(22-8(3)18)12(11)21-7(2)17/h10-15H,5H2,1-4H3/t10-,11-,12+,13-,14+/m1/s1. The highest BCUT2D eigenvalue weighted by molar-refractivity contribution is 8.14. The molecule has 0 radical (unpaired) electrons. The van der Waals surface area contributed by atoms with Crippen molar-refractivity contribution < 1.29 is 43.2 Å². The van der Waals surface area contributed by atoms with E-state index in [0.717, 1.165) is 20.8 Å². The van der Waals surface area contributed by atoms with Crippen LogP contribution >= 0.6 is 11.8 Å². The van der Waals surface area contributed by atoms with Crippen LogP contribution < -0.4 is 0 Å². The summed E-state index contributed by atoms with van der Waals surface area (Å²) < 4.78 is 20.9. The smallest absolute Gasteiger partial charge is 0.303 e. The van der Waals surface area contributed by atoms with Crippen LogP contribution in [0.2, 0.25) is 0 Å². The van der Waals surface area contributed by atoms with Crippen molar-refractivity contribution in [2.24, 2.45) is 0 Å². The second-order valence-electron chi connectivity index (χ2n) is 5.06. The molecule has 1 fully saturated rings. The first-order valence-electron chi connectivity index (χ1n) is 7.11. The van der Waals surface area contributed by atoms with Crippen molar-refractivity contribution in [3.8, 4) is 0 Å². The predicted octanol–water partition coefficient (Wildman–Crippen LogP) is -0.222. The van der Waals surface area contributed by atoms with Crippen LogP contribution in [-0.4, -0.2) is 64.6 Å². The number of rotatable bonds is 5. The van der Waals surface area contributed by atoms with E-state index in [0.29, 0.717) is 11.8 Å². The van der Waals surface area contributed by atoms with Crippen LogP contribution in [0.4, 0.5) is 0 Å². The molecule has 0 bridgehead atoms. The van der Waals surface area contributed by atoms with E-state index in [2.05, 4.69) is 0 Å². The lowest BCUT2D eigenvalue weighted by Gasteiger charge is -2.43. The van der Waals surface area contributed by atoms with E-state index < -0.39 is 54.4 Å². The van der Waals surface area contributed by atoms with E-state index in [1.807, 2.05) is 0 Å². The molecule has 1 aliphatic rings. The number of thioether (sulfide) groups is 1. The van der Waals surface area contributed by atoms with Crippen LogP contribution in [0.25, 0.3) is 0 Å². The number of ether oxygens (including phenoxy) is 4. The SMILES string of the molecule is CC(=O)O[C@@H]1[C@@H](OC(C)=O)[C@H](SC(C)=O)O[C@H](CO)[C@H]1OC(C)=O. The summed E-state index contributed by atoms with van der Waals surface area (Å²) in [6, 6.07) is 0. The fourth-order valence-corrected chi connectivity index (χ4v) is 3.13. The Kier molecular flexibility index (Phi) is 7.64. The number of hydrogen-bond donors (Lipinski definition) is 1. The molecule has 5 atom stereocenters. The van der Waals surface area contributed by atoms with Crippen LogP contribution in [0, 0.1) is 0 Å². The minimum absolute atomic E-state index is 0.332. The molecule has 9 nitrogen and oxygen atoms in total. The number of aliphatic hydroxyl groups excluding tert-OH is 1. The van der Waals surface area contributed by atoms with Crippen molar-refractivity contribution in [2.45, 2.75) is 57.5 Å². The van der Waals surface area contributed by atoms with E-state index in [9.17, 15) is 24.3 Å². The molecular formula is C14H20O9S. The number of hydrogen-bond acceptors (Lipinski definition) is 10. The van der Waals surface area contributed by atoms with Gasteiger partial charge in [0.05, 0.1) is 6.61 Å². The highest BCUT2D eigenvalue weighted by atomic mass is 32.2. The Bertz CT molecular complexity index is 506. The lowest BCUT2D eigenvalue weighted by molar-refractivity contribution is -0.236. The molecule has 1 saturated heterocycles. The topological polar surface area (TPSA) is 125 Å². The molecule has 10 heteroatoms. The van der Waals surface area contributed by atoms with Crippen LogP contribution in [-0.2, 0) is 38.1 Å². The van der Waals surface area contributed by atoms with Crippen LogP contribution in [0.1, 0.15) is 27.7 Å². The Labute approximate surface area is 142 Å². The summed E-state index contributed by atoms with van der Waals surface area (Å²) in [5.74, 6) is -2.10. The molecule has 24 heavy (non-hydrogen) atoms. The average molecular weight is 364 g/mol. The van der Waals surface area contributed by atoms with Gasteiger partial charge in [-0.2, -0.15) is 0 Å². The molecule has 1 aliphatic heterocycles. The fourth-order valence-electron chi connectivity index (χ4n) is 2.26. The quantitative estimate of drug-likeness (QED) is 0.517. The maximum Gasteiger partial charge on any atom is 0.303 e. The van der Waals surface area contributed by atoms with Gasteiger partial charge in [0.25, 0.3) is 0 Å². The van der Waals surface area contributed by atoms with Gasteiger partial charge in [0.15, 0.2) is 28.9 Å². The van der Waals surface area contributed by atoms with E-state index in [1.54, 1.807) is 0 Å². The molecule has 0 spiro atoms. The molecule has 136 valence electrons. The van der Waals surface area contributed by atoms with E-state index in [-0.39, 0.29) is 5.12 Å². The Morgan fingerprint density at radius 1 is 0.875 bits per heavy atom. The van der Waals surface area contributed by atoms with Crippen molar-refractivity contribution in [3.05, 3.63) is 0 Å². The minimum Gasteiger partial charge on any atom is -0.456 e. The van der Waals surface area contributed by atoms with E-state index in [4.69, 9.17) is 18.9 Å². The zero-order chi connectivity index (χ0) is 18.4. The maximum absolute atomic E-state index is 11.4. The lowest BCUT2D eigenvalue weighted by atomic mass is 9.99. The van der Waals surface area contributed by atoms with Gasteiger partial charge in [-0.1, -0.05) is 11.8 Å². The average Bonchev–Trinajstić information content (AvgIpc) is 2.42. The normalized spacial score (nSPS) is 29.5. The molecule has 0 aromatic rings. The van der Waals surface area contributed by atoms with Gasteiger partial charge in [-0.15, -0.1) is 0 Å². The third-order valence-corrected chi connectivity index (χ3v) is 3.90.